The summed E-state index contributed by atoms with van der Waals surface area (Å²) in [6.45, 7) is 3.57. The minimum absolute atomic E-state index is 0.0554. The van der Waals surface area contributed by atoms with Gasteiger partial charge in [0.2, 0.25) is 11.8 Å². The molecule has 0 spiro atoms. The van der Waals surface area contributed by atoms with Gasteiger partial charge in [-0.3, -0.25) is 19.3 Å². The van der Waals surface area contributed by atoms with Crippen LogP contribution in [0.2, 0.25) is 0 Å². The highest BCUT2D eigenvalue weighted by molar-refractivity contribution is 5.94. The summed E-state index contributed by atoms with van der Waals surface area (Å²) in [7, 11) is 1.59. The van der Waals surface area contributed by atoms with E-state index in [4.69, 9.17) is 5.73 Å². The van der Waals surface area contributed by atoms with E-state index in [2.05, 4.69) is 11.4 Å². The zero-order chi connectivity index (χ0) is 23.0. The van der Waals surface area contributed by atoms with Crippen molar-refractivity contribution >= 4 is 17.7 Å². The van der Waals surface area contributed by atoms with Crippen LogP contribution >= 0.6 is 0 Å². The Kier molecular flexibility index (Phi) is 6.17. The first-order valence-corrected chi connectivity index (χ1v) is 11.2. The standard InChI is InChI=1S/C23H30N6O3/c1-14(15-5-7-16(8-6-15)21(30)26-2)29-18-10-20(23(29)32)27(12-18)13-19(25)22(31)28-9-3-4-17(28)11-24/h5-8,14,17-20H,3-4,9-10,12-13,25H2,1-2H3,(H,26,30)/t14-,17-,18-,19-,20-/m0/s1. The lowest BCUT2D eigenvalue weighted by molar-refractivity contribution is -0.140. The molecule has 32 heavy (non-hydrogen) atoms. The number of rotatable bonds is 6. The molecule has 9 heteroatoms. The lowest BCUT2D eigenvalue weighted by Crippen LogP contribution is -2.56. The highest BCUT2D eigenvalue weighted by Gasteiger charge is 2.51. The van der Waals surface area contributed by atoms with Gasteiger partial charge in [-0.05, 0) is 43.9 Å². The topological polar surface area (TPSA) is 123 Å². The molecule has 3 heterocycles. The number of nitrogens with zero attached hydrogens (tertiary/aromatic N) is 4. The fourth-order valence-corrected chi connectivity index (χ4v) is 5.33. The van der Waals surface area contributed by atoms with Gasteiger partial charge in [-0.25, -0.2) is 0 Å². The SMILES string of the molecule is CNC(=O)c1ccc([C@H](C)N2C(=O)[C@@H]3C[C@H]2CN3C[C@H](N)C(=O)N2CCC[C@H]2C#N)cc1. The van der Waals surface area contributed by atoms with Crippen LogP contribution in [-0.2, 0) is 9.59 Å². The molecule has 3 aliphatic heterocycles. The lowest BCUT2D eigenvalue weighted by atomic mass is 10.0. The Morgan fingerprint density at radius 2 is 2.03 bits per heavy atom. The van der Waals surface area contributed by atoms with Crippen LogP contribution in [0, 0.1) is 11.3 Å². The lowest BCUT2D eigenvalue weighted by Gasteiger charge is -2.38. The number of hydrogen-bond acceptors (Lipinski definition) is 6. The maximum absolute atomic E-state index is 13.2. The fraction of sp³-hybridized carbons (Fsp3) is 0.565. The van der Waals surface area contributed by atoms with E-state index in [9.17, 15) is 19.6 Å². The van der Waals surface area contributed by atoms with Crippen molar-refractivity contribution in [3.8, 4) is 6.07 Å². The van der Waals surface area contributed by atoms with Gasteiger partial charge in [0.1, 0.15) is 6.04 Å². The van der Waals surface area contributed by atoms with Crippen molar-refractivity contribution in [1.82, 2.24) is 20.0 Å². The average Bonchev–Trinajstić information content (AvgIpc) is 3.52. The molecular formula is C23H30N6O3. The normalized spacial score (nSPS) is 26.8. The van der Waals surface area contributed by atoms with Crippen LogP contribution in [0.4, 0.5) is 0 Å². The van der Waals surface area contributed by atoms with E-state index >= 15 is 0 Å². The summed E-state index contributed by atoms with van der Waals surface area (Å²) in [5.74, 6) is -0.289. The third-order valence-electron chi connectivity index (χ3n) is 7.05. The molecule has 0 saturated carbocycles. The molecule has 1 aromatic carbocycles. The van der Waals surface area contributed by atoms with Gasteiger partial charge < -0.3 is 20.9 Å². The number of hydrogen-bond donors (Lipinski definition) is 2. The summed E-state index contributed by atoms with van der Waals surface area (Å²) < 4.78 is 0. The number of nitrogens with two attached hydrogens (primary N) is 1. The maximum atomic E-state index is 13.2. The quantitative estimate of drug-likeness (QED) is 0.656. The first-order chi connectivity index (χ1) is 15.3. The average molecular weight is 439 g/mol. The molecule has 3 aliphatic rings. The number of nitriles is 1. The van der Waals surface area contributed by atoms with Gasteiger partial charge in [-0.2, -0.15) is 5.26 Å². The van der Waals surface area contributed by atoms with Crippen molar-refractivity contribution in [1.29, 1.82) is 5.26 Å². The van der Waals surface area contributed by atoms with Crippen molar-refractivity contribution in [2.24, 2.45) is 5.73 Å². The van der Waals surface area contributed by atoms with E-state index in [-0.39, 0.29) is 35.8 Å². The second-order valence-corrected chi connectivity index (χ2v) is 8.91. The fourth-order valence-electron chi connectivity index (χ4n) is 5.33. The molecule has 0 unspecified atom stereocenters. The third kappa shape index (κ3) is 3.85. The molecule has 0 aromatic heterocycles. The van der Waals surface area contributed by atoms with E-state index in [1.165, 1.54) is 0 Å². The Hall–Kier alpha value is -2.96. The van der Waals surface area contributed by atoms with Crippen molar-refractivity contribution in [2.75, 3.05) is 26.7 Å². The molecule has 2 bridgehead atoms. The predicted octanol–water partition coefficient (Wildman–Crippen LogP) is 0.234. The van der Waals surface area contributed by atoms with Gasteiger partial charge in [-0.1, -0.05) is 12.1 Å². The van der Waals surface area contributed by atoms with Crippen LogP contribution < -0.4 is 11.1 Å². The first-order valence-electron chi connectivity index (χ1n) is 11.2. The van der Waals surface area contributed by atoms with E-state index in [1.807, 2.05) is 28.9 Å². The van der Waals surface area contributed by atoms with Gasteiger partial charge in [0, 0.05) is 38.3 Å². The molecule has 3 amide bonds. The molecule has 0 radical (unpaired) electrons. The summed E-state index contributed by atoms with van der Waals surface area (Å²) >= 11 is 0. The van der Waals surface area contributed by atoms with Crippen LogP contribution in [0.3, 0.4) is 0 Å². The molecule has 3 saturated heterocycles. The number of carbonyl (C=O) groups is 3. The third-order valence-corrected chi connectivity index (χ3v) is 7.05. The number of amides is 3. The number of carbonyl (C=O) groups excluding carboxylic acids is 3. The number of benzene rings is 1. The van der Waals surface area contributed by atoms with Gasteiger partial charge in [0.25, 0.3) is 5.91 Å². The second-order valence-electron chi connectivity index (χ2n) is 8.91. The summed E-state index contributed by atoms with van der Waals surface area (Å²) in [6.07, 6.45) is 2.24. The van der Waals surface area contributed by atoms with Crippen molar-refractivity contribution < 1.29 is 14.4 Å². The van der Waals surface area contributed by atoms with E-state index < -0.39 is 12.1 Å². The molecule has 1 aromatic rings. The molecule has 0 aliphatic carbocycles. The van der Waals surface area contributed by atoms with Crippen LogP contribution in [0.5, 0.6) is 0 Å². The van der Waals surface area contributed by atoms with Gasteiger partial charge >= 0.3 is 0 Å². The highest BCUT2D eigenvalue weighted by atomic mass is 16.2. The van der Waals surface area contributed by atoms with Crippen molar-refractivity contribution in [3.63, 3.8) is 0 Å². The van der Waals surface area contributed by atoms with E-state index in [0.717, 1.165) is 18.4 Å². The summed E-state index contributed by atoms with van der Waals surface area (Å²) in [6, 6.07) is 8.08. The molecular weight excluding hydrogens is 408 g/mol. The van der Waals surface area contributed by atoms with Gasteiger partial charge in [0.15, 0.2) is 0 Å². The van der Waals surface area contributed by atoms with Crippen LogP contribution in [0.15, 0.2) is 24.3 Å². The monoisotopic (exact) mass is 438 g/mol. The number of fused-ring (bicyclic) bond motifs is 2. The van der Waals surface area contributed by atoms with Gasteiger partial charge in [0.05, 0.1) is 24.2 Å². The predicted molar refractivity (Wildman–Crippen MR) is 117 cm³/mol. The molecule has 4 rings (SSSR count). The van der Waals surface area contributed by atoms with Crippen LogP contribution in [0.25, 0.3) is 0 Å². The number of piperazine rings is 1. The smallest absolute Gasteiger partial charge is 0.251 e. The van der Waals surface area contributed by atoms with Crippen molar-refractivity contribution in [2.45, 2.75) is 56.4 Å². The zero-order valence-electron chi connectivity index (χ0n) is 18.5. The van der Waals surface area contributed by atoms with Gasteiger partial charge in [-0.15, -0.1) is 0 Å². The van der Waals surface area contributed by atoms with E-state index in [0.29, 0.717) is 31.6 Å². The molecule has 3 N–H and O–H groups in total. The molecule has 9 nitrogen and oxygen atoms in total. The summed E-state index contributed by atoms with van der Waals surface area (Å²) in [5.41, 5.74) is 7.77. The molecule has 5 atom stereocenters. The van der Waals surface area contributed by atoms with Crippen LogP contribution in [0.1, 0.15) is 48.1 Å². The molecule has 3 fully saturated rings. The van der Waals surface area contributed by atoms with Crippen LogP contribution in [-0.4, -0.2) is 83.3 Å². The Morgan fingerprint density at radius 3 is 2.66 bits per heavy atom. The Morgan fingerprint density at radius 1 is 1.31 bits per heavy atom. The second kappa shape index (κ2) is 8.88. The highest BCUT2D eigenvalue weighted by Crippen LogP contribution is 2.38. The Labute approximate surface area is 188 Å². The van der Waals surface area contributed by atoms with Crippen molar-refractivity contribution in [3.05, 3.63) is 35.4 Å². The zero-order valence-corrected chi connectivity index (χ0v) is 18.5. The summed E-state index contributed by atoms with van der Waals surface area (Å²) in [5, 5.41) is 11.8. The minimum atomic E-state index is -0.737. The number of nitrogens with one attached hydrogen (secondary N) is 1. The Balaban J connectivity index is 1.38. The van der Waals surface area contributed by atoms with E-state index in [1.54, 1.807) is 24.1 Å². The summed E-state index contributed by atoms with van der Waals surface area (Å²) in [4.78, 5) is 43.2. The number of likely N-dealkylation sites (tertiary alicyclic amines) is 3. The minimum Gasteiger partial charge on any atom is -0.355 e. The molecule has 170 valence electrons. The maximum Gasteiger partial charge on any atom is 0.251 e. The first kappa shape index (κ1) is 22.2. The largest absolute Gasteiger partial charge is 0.355 e. The Bertz CT molecular complexity index is 942.